The molecule has 3 aromatic rings. The molecule has 2 amide bonds. The van der Waals surface area contributed by atoms with Gasteiger partial charge < -0.3 is 15.1 Å². The Kier molecular flexibility index (Phi) is 5.85. The van der Waals surface area contributed by atoms with Crippen molar-refractivity contribution in [3.05, 3.63) is 59.1 Å². The van der Waals surface area contributed by atoms with Crippen molar-refractivity contribution in [2.75, 3.05) is 32.1 Å². The molecule has 3 heterocycles. The molecule has 30 heavy (non-hydrogen) atoms. The highest BCUT2D eigenvalue weighted by atomic mass is 32.1. The first kappa shape index (κ1) is 20.2. The average Bonchev–Trinajstić information content (AvgIpc) is 3.46. The standard InChI is InChI=1S/C22H25N5O2S/c1-26(2)17-6-3-5-15(13-17)21(28)23-16-8-10-27(11-9-16)22(29)19-14-18(24-25-19)20-7-4-12-30-20/h3-7,12-14,16H,8-11H2,1-2H3,(H,23,28)(H,24,25). The van der Waals surface area contributed by atoms with Gasteiger partial charge in [-0.1, -0.05) is 12.1 Å². The quantitative estimate of drug-likeness (QED) is 0.660. The van der Waals surface area contributed by atoms with Gasteiger partial charge in [0, 0.05) is 44.5 Å². The van der Waals surface area contributed by atoms with E-state index in [2.05, 4.69) is 15.5 Å². The minimum Gasteiger partial charge on any atom is -0.378 e. The van der Waals surface area contributed by atoms with Crippen LogP contribution in [0.4, 0.5) is 5.69 Å². The minimum absolute atomic E-state index is 0.0606. The predicted octanol–water partition coefficient (Wildman–Crippen LogP) is 3.24. The van der Waals surface area contributed by atoms with Gasteiger partial charge in [-0.3, -0.25) is 14.7 Å². The number of nitrogens with one attached hydrogen (secondary N) is 2. The lowest BCUT2D eigenvalue weighted by Gasteiger charge is -2.32. The summed E-state index contributed by atoms with van der Waals surface area (Å²) in [4.78, 5) is 30.2. The number of benzene rings is 1. The Morgan fingerprint density at radius 2 is 1.97 bits per heavy atom. The fourth-order valence-corrected chi connectivity index (χ4v) is 4.26. The second-order valence-electron chi connectivity index (χ2n) is 7.63. The maximum Gasteiger partial charge on any atom is 0.274 e. The molecule has 4 rings (SSSR count). The van der Waals surface area contributed by atoms with E-state index in [-0.39, 0.29) is 17.9 Å². The third kappa shape index (κ3) is 4.38. The summed E-state index contributed by atoms with van der Waals surface area (Å²) in [5.74, 6) is -0.145. The van der Waals surface area contributed by atoms with E-state index < -0.39 is 0 Å². The van der Waals surface area contributed by atoms with Crippen molar-refractivity contribution in [2.45, 2.75) is 18.9 Å². The number of aromatic amines is 1. The van der Waals surface area contributed by atoms with Crippen LogP contribution in [-0.4, -0.2) is 60.1 Å². The van der Waals surface area contributed by atoms with E-state index in [1.165, 1.54) is 0 Å². The molecule has 0 bridgehead atoms. The first-order chi connectivity index (χ1) is 14.5. The monoisotopic (exact) mass is 423 g/mol. The summed E-state index contributed by atoms with van der Waals surface area (Å²) in [7, 11) is 3.90. The van der Waals surface area contributed by atoms with E-state index in [0.717, 1.165) is 29.1 Å². The third-order valence-electron chi connectivity index (χ3n) is 5.33. The normalized spacial score (nSPS) is 14.5. The zero-order valence-corrected chi connectivity index (χ0v) is 17.9. The van der Waals surface area contributed by atoms with Crippen LogP contribution < -0.4 is 10.2 Å². The summed E-state index contributed by atoms with van der Waals surface area (Å²) in [5, 5.41) is 12.2. The Morgan fingerprint density at radius 1 is 1.17 bits per heavy atom. The van der Waals surface area contributed by atoms with Crippen LogP contribution in [0, 0.1) is 0 Å². The molecule has 0 atom stereocenters. The molecule has 0 aliphatic carbocycles. The molecule has 0 unspecified atom stereocenters. The Hall–Kier alpha value is -3.13. The highest BCUT2D eigenvalue weighted by Crippen LogP contribution is 2.24. The highest BCUT2D eigenvalue weighted by molar-refractivity contribution is 7.13. The molecule has 0 radical (unpaired) electrons. The second-order valence-corrected chi connectivity index (χ2v) is 8.58. The van der Waals surface area contributed by atoms with Gasteiger partial charge in [0.15, 0.2) is 5.69 Å². The number of hydrogen-bond acceptors (Lipinski definition) is 5. The molecule has 1 aliphatic rings. The van der Waals surface area contributed by atoms with E-state index in [1.54, 1.807) is 17.4 Å². The maximum atomic E-state index is 12.8. The summed E-state index contributed by atoms with van der Waals surface area (Å²) in [5.41, 5.74) is 2.93. The van der Waals surface area contributed by atoms with Gasteiger partial charge in [0.1, 0.15) is 0 Å². The SMILES string of the molecule is CN(C)c1cccc(C(=O)NC2CCN(C(=O)c3cc(-c4cccs4)[nH]n3)CC2)c1. The number of piperidine rings is 1. The lowest BCUT2D eigenvalue weighted by Crippen LogP contribution is -2.46. The van der Waals surface area contributed by atoms with Crippen LogP contribution in [0.3, 0.4) is 0 Å². The number of anilines is 1. The van der Waals surface area contributed by atoms with Gasteiger partial charge in [-0.15, -0.1) is 11.3 Å². The minimum atomic E-state index is -0.0728. The van der Waals surface area contributed by atoms with Crippen molar-refractivity contribution in [1.29, 1.82) is 0 Å². The highest BCUT2D eigenvalue weighted by Gasteiger charge is 2.26. The third-order valence-corrected chi connectivity index (χ3v) is 6.23. The molecule has 8 heteroatoms. The molecule has 2 aromatic heterocycles. The molecule has 1 aliphatic heterocycles. The van der Waals surface area contributed by atoms with Crippen molar-refractivity contribution >= 4 is 28.8 Å². The summed E-state index contributed by atoms with van der Waals surface area (Å²) >= 11 is 1.60. The predicted molar refractivity (Wildman–Crippen MR) is 119 cm³/mol. The van der Waals surface area contributed by atoms with Gasteiger partial charge in [-0.25, -0.2) is 0 Å². The summed E-state index contributed by atoms with van der Waals surface area (Å²) in [6.45, 7) is 1.20. The maximum absolute atomic E-state index is 12.8. The largest absolute Gasteiger partial charge is 0.378 e. The average molecular weight is 424 g/mol. The fraction of sp³-hybridized carbons (Fsp3) is 0.318. The van der Waals surface area contributed by atoms with Crippen molar-refractivity contribution in [3.63, 3.8) is 0 Å². The number of nitrogens with zero attached hydrogens (tertiary/aromatic N) is 3. The molecule has 7 nitrogen and oxygen atoms in total. The van der Waals surface area contributed by atoms with Crippen LogP contribution in [0.2, 0.25) is 0 Å². The number of likely N-dealkylation sites (tertiary alicyclic amines) is 1. The summed E-state index contributed by atoms with van der Waals surface area (Å²) in [6, 6.07) is 13.4. The Bertz CT molecular complexity index is 1020. The topological polar surface area (TPSA) is 81.3 Å². The van der Waals surface area contributed by atoms with Gasteiger partial charge >= 0.3 is 0 Å². The second kappa shape index (κ2) is 8.71. The van der Waals surface area contributed by atoms with E-state index in [0.29, 0.717) is 24.3 Å². The van der Waals surface area contributed by atoms with Crippen molar-refractivity contribution in [2.24, 2.45) is 0 Å². The Morgan fingerprint density at radius 3 is 2.67 bits per heavy atom. The number of rotatable bonds is 5. The van der Waals surface area contributed by atoms with Gasteiger partial charge in [-0.2, -0.15) is 5.10 Å². The number of hydrogen-bond donors (Lipinski definition) is 2. The number of carbonyl (C=O) groups is 2. The molecule has 1 aromatic carbocycles. The molecular weight excluding hydrogens is 398 g/mol. The first-order valence-corrected chi connectivity index (χ1v) is 10.9. The fourth-order valence-electron chi connectivity index (χ4n) is 3.57. The number of amides is 2. The number of H-pyrrole nitrogens is 1. The van der Waals surface area contributed by atoms with Crippen LogP contribution in [0.15, 0.2) is 47.8 Å². The molecule has 0 saturated carbocycles. The lowest BCUT2D eigenvalue weighted by atomic mass is 10.0. The smallest absolute Gasteiger partial charge is 0.274 e. The van der Waals surface area contributed by atoms with Crippen molar-refractivity contribution < 1.29 is 9.59 Å². The van der Waals surface area contributed by atoms with E-state index >= 15 is 0 Å². The molecule has 156 valence electrons. The van der Waals surface area contributed by atoms with E-state index in [1.807, 2.05) is 65.7 Å². The summed E-state index contributed by atoms with van der Waals surface area (Å²) in [6.07, 6.45) is 1.46. The first-order valence-electron chi connectivity index (χ1n) is 9.98. The molecule has 2 N–H and O–H groups in total. The Balaban J connectivity index is 1.32. The van der Waals surface area contributed by atoms with Gasteiger partial charge in [0.25, 0.3) is 11.8 Å². The number of carbonyl (C=O) groups excluding carboxylic acids is 2. The van der Waals surface area contributed by atoms with Gasteiger partial charge in [-0.05, 0) is 48.6 Å². The molecular formula is C22H25N5O2S. The van der Waals surface area contributed by atoms with Crippen LogP contribution in [0.25, 0.3) is 10.6 Å². The van der Waals surface area contributed by atoms with Crippen LogP contribution in [0.1, 0.15) is 33.7 Å². The van der Waals surface area contributed by atoms with Crippen LogP contribution in [-0.2, 0) is 0 Å². The number of aromatic nitrogens is 2. The van der Waals surface area contributed by atoms with Crippen LogP contribution in [0.5, 0.6) is 0 Å². The van der Waals surface area contributed by atoms with E-state index in [4.69, 9.17) is 0 Å². The van der Waals surface area contributed by atoms with Crippen molar-refractivity contribution in [1.82, 2.24) is 20.4 Å². The molecule has 0 spiro atoms. The Labute approximate surface area is 179 Å². The zero-order valence-electron chi connectivity index (χ0n) is 17.1. The summed E-state index contributed by atoms with van der Waals surface area (Å²) < 4.78 is 0. The van der Waals surface area contributed by atoms with Crippen LogP contribution >= 0.6 is 11.3 Å². The lowest BCUT2D eigenvalue weighted by molar-refractivity contribution is 0.0692. The number of thiophene rings is 1. The van der Waals surface area contributed by atoms with Crippen molar-refractivity contribution in [3.8, 4) is 10.6 Å². The molecule has 1 fully saturated rings. The molecule has 1 saturated heterocycles. The van der Waals surface area contributed by atoms with Gasteiger partial charge in [0.05, 0.1) is 10.6 Å². The van der Waals surface area contributed by atoms with E-state index in [9.17, 15) is 9.59 Å². The zero-order chi connectivity index (χ0) is 21.1. The van der Waals surface area contributed by atoms with Gasteiger partial charge in [0.2, 0.25) is 0 Å².